The van der Waals surface area contributed by atoms with Gasteiger partial charge < -0.3 is 18.9 Å². The van der Waals surface area contributed by atoms with E-state index in [4.69, 9.17) is 18.9 Å². The average Bonchev–Trinajstić information content (AvgIpc) is 2.87. The van der Waals surface area contributed by atoms with E-state index < -0.39 is 0 Å². The van der Waals surface area contributed by atoms with Gasteiger partial charge in [-0.05, 0) is 68.7 Å². The van der Waals surface area contributed by atoms with Gasteiger partial charge in [0.15, 0.2) is 0 Å². The van der Waals surface area contributed by atoms with Crippen molar-refractivity contribution in [2.24, 2.45) is 5.92 Å². The van der Waals surface area contributed by atoms with Crippen molar-refractivity contribution in [1.29, 1.82) is 0 Å². The van der Waals surface area contributed by atoms with Crippen LogP contribution in [0.4, 0.5) is 0 Å². The van der Waals surface area contributed by atoms with Crippen molar-refractivity contribution in [3.05, 3.63) is 82.9 Å². The molecule has 0 aromatic heterocycles. The fourth-order valence-electron chi connectivity index (χ4n) is 5.03. The molecule has 2 aliphatic heterocycles. The smallest absolute Gasteiger partial charge is 0.129 e. The molecule has 4 heteroatoms. The van der Waals surface area contributed by atoms with Crippen molar-refractivity contribution in [1.82, 2.24) is 0 Å². The predicted octanol–water partition coefficient (Wildman–Crippen LogP) is 7.51. The van der Waals surface area contributed by atoms with Crippen molar-refractivity contribution in [2.45, 2.75) is 71.5 Å². The van der Waals surface area contributed by atoms with E-state index in [2.05, 4.69) is 70.2 Å². The SMILES string of the molecule is CC(C)CCOc1ccc([C@H]2COc3c(ccc4c3CCC(C)(C)O4)C2)c(OCc2ccccc2)c1. The van der Waals surface area contributed by atoms with Crippen molar-refractivity contribution >= 4 is 0 Å². The van der Waals surface area contributed by atoms with E-state index in [-0.39, 0.29) is 11.5 Å². The van der Waals surface area contributed by atoms with Crippen LogP contribution in [0.1, 0.15) is 68.7 Å². The molecule has 1 atom stereocenters. The van der Waals surface area contributed by atoms with Crippen LogP contribution in [0.2, 0.25) is 0 Å². The fourth-order valence-corrected chi connectivity index (χ4v) is 5.03. The van der Waals surface area contributed by atoms with Gasteiger partial charge in [0, 0.05) is 23.1 Å². The number of ether oxygens (including phenoxy) is 4. The summed E-state index contributed by atoms with van der Waals surface area (Å²) in [5.41, 5.74) is 4.67. The first-order valence-electron chi connectivity index (χ1n) is 13.3. The van der Waals surface area contributed by atoms with Crippen LogP contribution in [0.15, 0.2) is 60.7 Å². The number of benzene rings is 3. The molecule has 36 heavy (non-hydrogen) atoms. The van der Waals surface area contributed by atoms with E-state index in [0.717, 1.165) is 54.2 Å². The molecule has 0 radical (unpaired) electrons. The van der Waals surface area contributed by atoms with Crippen molar-refractivity contribution in [3.8, 4) is 23.0 Å². The molecule has 5 rings (SSSR count). The molecule has 0 saturated heterocycles. The van der Waals surface area contributed by atoms with Crippen LogP contribution in [-0.2, 0) is 19.4 Å². The quantitative estimate of drug-likeness (QED) is 0.330. The Labute approximate surface area is 215 Å². The largest absolute Gasteiger partial charge is 0.493 e. The second-order valence-electron chi connectivity index (χ2n) is 11.1. The maximum absolute atomic E-state index is 6.43. The molecule has 0 aliphatic carbocycles. The summed E-state index contributed by atoms with van der Waals surface area (Å²) >= 11 is 0. The third-order valence-electron chi connectivity index (χ3n) is 7.18. The van der Waals surface area contributed by atoms with Crippen LogP contribution >= 0.6 is 0 Å². The molecule has 0 fully saturated rings. The van der Waals surface area contributed by atoms with Crippen LogP contribution in [0.5, 0.6) is 23.0 Å². The summed E-state index contributed by atoms with van der Waals surface area (Å²) in [4.78, 5) is 0. The number of fused-ring (bicyclic) bond motifs is 3. The van der Waals surface area contributed by atoms with Crippen LogP contribution < -0.4 is 18.9 Å². The van der Waals surface area contributed by atoms with Crippen LogP contribution in [0.3, 0.4) is 0 Å². The lowest BCUT2D eigenvalue weighted by atomic mass is 9.86. The second kappa shape index (κ2) is 10.5. The van der Waals surface area contributed by atoms with E-state index in [1.165, 1.54) is 16.7 Å². The lowest BCUT2D eigenvalue weighted by Crippen LogP contribution is -2.33. The Hall–Kier alpha value is -3.14. The van der Waals surface area contributed by atoms with E-state index in [1.807, 2.05) is 18.2 Å². The molecular formula is C32H38O4. The van der Waals surface area contributed by atoms with Crippen LogP contribution in [0.25, 0.3) is 0 Å². The highest BCUT2D eigenvalue weighted by Crippen LogP contribution is 2.45. The first kappa shape index (κ1) is 24.5. The summed E-state index contributed by atoms with van der Waals surface area (Å²) in [6.07, 6.45) is 3.94. The molecule has 0 saturated carbocycles. The maximum atomic E-state index is 6.43. The summed E-state index contributed by atoms with van der Waals surface area (Å²) in [6, 6.07) is 20.9. The first-order chi connectivity index (χ1) is 17.4. The first-order valence-corrected chi connectivity index (χ1v) is 13.3. The zero-order chi connectivity index (χ0) is 25.1. The van der Waals surface area contributed by atoms with E-state index >= 15 is 0 Å². The Morgan fingerprint density at radius 2 is 1.83 bits per heavy atom. The highest BCUT2D eigenvalue weighted by molar-refractivity contribution is 5.54. The Bertz CT molecular complexity index is 1180. The molecule has 0 N–H and O–H groups in total. The molecule has 0 spiro atoms. The van der Waals surface area contributed by atoms with E-state index in [9.17, 15) is 0 Å². The second-order valence-corrected chi connectivity index (χ2v) is 11.1. The zero-order valence-corrected chi connectivity index (χ0v) is 22.0. The molecule has 2 heterocycles. The third kappa shape index (κ3) is 5.64. The van der Waals surface area contributed by atoms with Crippen molar-refractivity contribution in [2.75, 3.05) is 13.2 Å². The lowest BCUT2D eigenvalue weighted by Gasteiger charge is -2.36. The molecule has 0 unspecified atom stereocenters. The normalized spacial score (nSPS) is 18.0. The van der Waals surface area contributed by atoms with Gasteiger partial charge in [-0.25, -0.2) is 0 Å². The molecule has 3 aromatic rings. The van der Waals surface area contributed by atoms with Gasteiger partial charge >= 0.3 is 0 Å². The molecular weight excluding hydrogens is 448 g/mol. The number of rotatable bonds is 8. The van der Waals surface area contributed by atoms with Gasteiger partial charge in [-0.1, -0.05) is 56.3 Å². The minimum atomic E-state index is -0.123. The summed E-state index contributed by atoms with van der Waals surface area (Å²) in [5.74, 6) is 4.55. The Kier molecular flexibility index (Phi) is 7.13. The zero-order valence-electron chi connectivity index (χ0n) is 22.0. The predicted molar refractivity (Wildman–Crippen MR) is 144 cm³/mol. The molecule has 2 aliphatic rings. The highest BCUT2D eigenvalue weighted by atomic mass is 16.5. The maximum Gasteiger partial charge on any atom is 0.129 e. The summed E-state index contributed by atoms with van der Waals surface area (Å²) < 4.78 is 25.1. The van der Waals surface area contributed by atoms with Crippen LogP contribution in [-0.4, -0.2) is 18.8 Å². The molecule has 0 amide bonds. The van der Waals surface area contributed by atoms with Gasteiger partial charge in [0.05, 0.1) is 13.2 Å². The van der Waals surface area contributed by atoms with Crippen molar-refractivity contribution < 1.29 is 18.9 Å². The highest BCUT2D eigenvalue weighted by Gasteiger charge is 2.32. The Morgan fingerprint density at radius 3 is 2.64 bits per heavy atom. The van der Waals surface area contributed by atoms with E-state index in [0.29, 0.717) is 25.7 Å². The minimum absolute atomic E-state index is 0.123. The summed E-state index contributed by atoms with van der Waals surface area (Å²) in [7, 11) is 0. The van der Waals surface area contributed by atoms with Gasteiger partial charge in [-0.15, -0.1) is 0 Å². The average molecular weight is 487 g/mol. The standard InChI is InChI=1S/C32H38O4/c1-22(2)15-17-33-26-11-12-27(30(19-26)34-20-23-8-6-5-7-9-23)25-18-24-10-13-29-28(31(24)35-21-25)14-16-32(3,4)36-29/h5-13,19,22,25H,14-18,20-21H2,1-4H3/t25-/m1/s1. The van der Waals surface area contributed by atoms with Gasteiger partial charge in [-0.3, -0.25) is 0 Å². The van der Waals surface area contributed by atoms with Gasteiger partial charge in [0.2, 0.25) is 0 Å². The van der Waals surface area contributed by atoms with Crippen molar-refractivity contribution in [3.63, 3.8) is 0 Å². The van der Waals surface area contributed by atoms with Gasteiger partial charge in [-0.2, -0.15) is 0 Å². The van der Waals surface area contributed by atoms with Crippen LogP contribution in [0, 0.1) is 5.92 Å². The third-order valence-corrected chi connectivity index (χ3v) is 7.18. The monoisotopic (exact) mass is 486 g/mol. The molecule has 3 aromatic carbocycles. The fraction of sp³-hybridized carbons (Fsp3) is 0.438. The number of hydrogen-bond donors (Lipinski definition) is 0. The minimum Gasteiger partial charge on any atom is -0.493 e. The lowest BCUT2D eigenvalue weighted by molar-refractivity contribution is 0.0826. The van der Waals surface area contributed by atoms with Gasteiger partial charge in [0.25, 0.3) is 0 Å². The van der Waals surface area contributed by atoms with Gasteiger partial charge in [0.1, 0.15) is 35.2 Å². The number of hydrogen-bond acceptors (Lipinski definition) is 4. The molecule has 4 nitrogen and oxygen atoms in total. The summed E-state index contributed by atoms with van der Waals surface area (Å²) in [5, 5.41) is 0. The Morgan fingerprint density at radius 1 is 1.00 bits per heavy atom. The van der Waals surface area contributed by atoms with E-state index in [1.54, 1.807) is 0 Å². The summed E-state index contributed by atoms with van der Waals surface area (Å²) in [6.45, 7) is 10.6. The molecule has 190 valence electrons. The topological polar surface area (TPSA) is 36.9 Å². The molecule has 0 bridgehead atoms. The Balaban J connectivity index is 1.38.